The van der Waals surface area contributed by atoms with Crippen LogP contribution >= 0.6 is 23.4 Å². The Labute approximate surface area is 134 Å². The molecule has 2 rings (SSSR count). The fraction of sp³-hybridized carbons (Fsp3) is 0.143. The molecule has 0 saturated carbocycles. The van der Waals surface area contributed by atoms with Crippen LogP contribution in [0.5, 0.6) is 0 Å². The summed E-state index contributed by atoms with van der Waals surface area (Å²) in [7, 11) is 1.18. The second-order valence-corrected chi connectivity index (χ2v) is 5.41. The third-order valence-corrected chi connectivity index (χ3v) is 4.03. The largest absolute Gasteiger partial charge is 0.464 e. The van der Waals surface area contributed by atoms with Gasteiger partial charge in [-0.2, -0.15) is 0 Å². The van der Waals surface area contributed by atoms with Crippen molar-refractivity contribution in [1.82, 2.24) is 4.98 Å². The maximum absolute atomic E-state index is 14.4. The molecule has 1 heterocycles. The minimum atomic E-state index is -0.835. The molecule has 0 aliphatic rings. The number of halogens is 3. The molecule has 22 heavy (non-hydrogen) atoms. The quantitative estimate of drug-likeness (QED) is 0.678. The lowest BCUT2D eigenvalue weighted by molar-refractivity contribution is 0.0590. The average Bonchev–Trinajstić information content (AvgIpc) is 2.51. The monoisotopic (exact) mass is 344 g/mol. The fourth-order valence-corrected chi connectivity index (χ4v) is 2.59. The molecule has 1 aromatic heterocycles. The second-order valence-electron chi connectivity index (χ2n) is 4.19. The molecule has 0 unspecified atom stereocenters. The first-order chi connectivity index (χ1) is 10.4. The number of methoxy groups -OCH3 is 1. The van der Waals surface area contributed by atoms with Crippen LogP contribution in [0.2, 0.25) is 5.02 Å². The zero-order valence-electron chi connectivity index (χ0n) is 11.6. The van der Waals surface area contributed by atoms with Gasteiger partial charge in [-0.1, -0.05) is 17.7 Å². The van der Waals surface area contributed by atoms with E-state index in [9.17, 15) is 13.6 Å². The Morgan fingerprint density at radius 3 is 2.64 bits per heavy atom. The first kappa shape index (κ1) is 16.5. The lowest BCUT2D eigenvalue weighted by atomic mass is 10.1. The summed E-state index contributed by atoms with van der Waals surface area (Å²) in [6.45, 7) is 0. The van der Waals surface area contributed by atoms with Crippen LogP contribution in [0.4, 0.5) is 14.5 Å². The third kappa shape index (κ3) is 2.86. The van der Waals surface area contributed by atoms with Crippen molar-refractivity contribution in [2.75, 3.05) is 19.1 Å². The van der Waals surface area contributed by atoms with Gasteiger partial charge in [0.05, 0.1) is 22.7 Å². The number of carbonyl (C=O) groups excluding carboxylic acids is 1. The molecule has 0 aliphatic carbocycles. The van der Waals surface area contributed by atoms with Crippen molar-refractivity contribution in [3.05, 3.63) is 40.6 Å². The Bertz CT molecular complexity index is 756. The van der Waals surface area contributed by atoms with E-state index < -0.39 is 17.6 Å². The Morgan fingerprint density at radius 1 is 1.41 bits per heavy atom. The van der Waals surface area contributed by atoms with Crippen LogP contribution < -0.4 is 5.73 Å². The van der Waals surface area contributed by atoms with Crippen LogP contribution in [0.25, 0.3) is 11.3 Å². The van der Waals surface area contributed by atoms with Crippen LogP contribution in [0.15, 0.2) is 23.1 Å². The Hall–Kier alpha value is -1.86. The van der Waals surface area contributed by atoms with E-state index in [2.05, 4.69) is 9.72 Å². The van der Waals surface area contributed by atoms with Crippen molar-refractivity contribution in [2.45, 2.75) is 4.90 Å². The molecule has 116 valence electrons. The number of nitrogen functional groups attached to an aromatic ring is 1. The molecule has 0 bridgehead atoms. The van der Waals surface area contributed by atoms with Gasteiger partial charge in [-0.3, -0.25) is 0 Å². The third-order valence-electron chi connectivity index (χ3n) is 2.90. The zero-order valence-corrected chi connectivity index (χ0v) is 13.2. The summed E-state index contributed by atoms with van der Waals surface area (Å²) in [4.78, 5) is 15.9. The van der Waals surface area contributed by atoms with Crippen molar-refractivity contribution in [3.8, 4) is 11.3 Å². The second kappa shape index (κ2) is 6.50. The Kier molecular flexibility index (Phi) is 4.87. The highest BCUT2D eigenvalue weighted by atomic mass is 35.5. The van der Waals surface area contributed by atoms with Crippen LogP contribution in [0.3, 0.4) is 0 Å². The van der Waals surface area contributed by atoms with Gasteiger partial charge in [-0.15, -0.1) is 11.8 Å². The van der Waals surface area contributed by atoms with E-state index in [1.807, 2.05) is 0 Å². The molecule has 0 fully saturated rings. The van der Waals surface area contributed by atoms with Gasteiger partial charge < -0.3 is 10.5 Å². The highest BCUT2D eigenvalue weighted by Crippen LogP contribution is 2.35. The summed E-state index contributed by atoms with van der Waals surface area (Å²) in [6, 6.07) is 3.67. The lowest BCUT2D eigenvalue weighted by Gasteiger charge is -2.13. The number of aromatic nitrogens is 1. The highest BCUT2D eigenvalue weighted by Gasteiger charge is 2.23. The molecule has 0 atom stereocenters. The predicted molar refractivity (Wildman–Crippen MR) is 82.1 cm³/mol. The number of thioether (sulfide) groups is 1. The molecule has 0 radical (unpaired) electrons. The number of pyridine rings is 1. The molecule has 1 aromatic carbocycles. The summed E-state index contributed by atoms with van der Waals surface area (Å²) >= 11 is 6.67. The van der Waals surface area contributed by atoms with Crippen LogP contribution in [-0.4, -0.2) is 24.3 Å². The van der Waals surface area contributed by atoms with Gasteiger partial charge >= 0.3 is 5.97 Å². The minimum Gasteiger partial charge on any atom is -0.464 e. The van der Waals surface area contributed by atoms with Gasteiger partial charge in [0.15, 0.2) is 11.5 Å². The average molecular weight is 345 g/mol. The molecular weight excluding hydrogens is 334 g/mol. The predicted octanol–water partition coefficient (Wildman–Crippen LogP) is 3.77. The van der Waals surface area contributed by atoms with Crippen molar-refractivity contribution in [1.29, 1.82) is 0 Å². The molecule has 2 aromatic rings. The van der Waals surface area contributed by atoms with E-state index >= 15 is 0 Å². The molecule has 8 heteroatoms. The van der Waals surface area contributed by atoms with Gasteiger partial charge in [-0.05, 0) is 18.4 Å². The van der Waals surface area contributed by atoms with E-state index in [0.717, 1.165) is 17.8 Å². The van der Waals surface area contributed by atoms with E-state index in [1.54, 1.807) is 6.26 Å². The SMILES string of the molecule is COC(=O)c1nc(-c2ccc(Cl)c(F)c2)c(F)c(N)c1SC. The standard InChI is InChI=1S/C14H11ClF2N2O2S/c1-21-14(20)12-13(22-2)10(18)9(17)11(19-12)6-3-4-7(15)8(16)5-6/h3-5H,1-2H3,(H2,18,19). The molecule has 0 amide bonds. The van der Waals surface area contributed by atoms with Crippen molar-refractivity contribution < 1.29 is 18.3 Å². The molecule has 4 nitrogen and oxygen atoms in total. The molecule has 0 spiro atoms. The van der Waals surface area contributed by atoms with Crippen molar-refractivity contribution in [3.63, 3.8) is 0 Å². The van der Waals surface area contributed by atoms with Crippen LogP contribution in [-0.2, 0) is 4.74 Å². The number of ether oxygens (including phenoxy) is 1. The summed E-state index contributed by atoms with van der Waals surface area (Å²) in [5, 5.41) is -0.106. The normalized spacial score (nSPS) is 10.6. The molecule has 0 saturated heterocycles. The number of hydrogen-bond acceptors (Lipinski definition) is 5. The minimum absolute atomic E-state index is 0.106. The Morgan fingerprint density at radius 2 is 2.09 bits per heavy atom. The number of esters is 1. The van der Waals surface area contributed by atoms with Gasteiger partial charge in [-0.25, -0.2) is 18.6 Å². The zero-order chi connectivity index (χ0) is 16.4. The number of anilines is 1. The van der Waals surface area contributed by atoms with E-state index in [0.29, 0.717) is 0 Å². The number of hydrogen-bond donors (Lipinski definition) is 1. The summed E-state index contributed by atoms with van der Waals surface area (Å²) in [5.74, 6) is -2.32. The van der Waals surface area contributed by atoms with E-state index in [4.69, 9.17) is 17.3 Å². The van der Waals surface area contributed by atoms with Gasteiger partial charge in [0.25, 0.3) is 0 Å². The summed E-state index contributed by atoms with van der Waals surface area (Å²) in [5.41, 5.74) is 5.23. The van der Waals surface area contributed by atoms with Crippen molar-refractivity contribution in [2.24, 2.45) is 0 Å². The van der Waals surface area contributed by atoms with Gasteiger partial charge in [0.1, 0.15) is 11.5 Å². The maximum Gasteiger partial charge on any atom is 0.357 e. The van der Waals surface area contributed by atoms with Crippen molar-refractivity contribution >= 4 is 35.0 Å². The number of rotatable bonds is 3. The number of carbonyl (C=O) groups is 1. The van der Waals surface area contributed by atoms with E-state index in [1.165, 1.54) is 19.2 Å². The van der Waals surface area contributed by atoms with Gasteiger partial charge in [0.2, 0.25) is 0 Å². The molecule has 2 N–H and O–H groups in total. The summed E-state index contributed by atoms with van der Waals surface area (Å²) in [6.07, 6.45) is 1.63. The smallest absolute Gasteiger partial charge is 0.357 e. The van der Waals surface area contributed by atoms with E-state index in [-0.39, 0.29) is 32.6 Å². The van der Waals surface area contributed by atoms with Gasteiger partial charge in [0, 0.05) is 5.56 Å². The highest BCUT2D eigenvalue weighted by molar-refractivity contribution is 7.98. The number of nitrogens with two attached hydrogens (primary N) is 1. The molecule has 0 aliphatic heterocycles. The maximum atomic E-state index is 14.4. The fourth-order valence-electron chi connectivity index (χ4n) is 1.84. The first-order valence-corrected chi connectivity index (χ1v) is 7.57. The number of benzene rings is 1. The first-order valence-electron chi connectivity index (χ1n) is 5.97. The summed E-state index contributed by atoms with van der Waals surface area (Å²) < 4.78 is 32.6. The molecular formula is C14H11ClF2N2O2S. The number of nitrogens with zero attached hydrogens (tertiary/aromatic N) is 1. The topological polar surface area (TPSA) is 65.2 Å². The lowest BCUT2D eigenvalue weighted by Crippen LogP contribution is -2.11. The van der Waals surface area contributed by atoms with Crippen LogP contribution in [0, 0.1) is 11.6 Å². The Balaban J connectivity index is 2.73. The van der Waals surface area contributed by atoms with Crippen LogP contribution in [0.1, 0.15) is 10.5 Å².